The number of aromatic nitrogens is 1. The molecule has 3 atom stereocenters. The summed E-state index contributed by atoms with van der Waals surface area (Å²) in [6, 6.07) is 19.1. The van der Waals surface area contributed by atoms with E-state index in [2.05, 4.69) is 83.1 Å². The number of rotatable bonds is 2. The molecule has 148 valence electrons. The third-order valence-electron chi connectivity index (χ3n) is 6.17. The zero-order valence-corrected chi connectivity index (χ0v) is 16.7. The molecule has 0 saturated heterocycles. The first kappa shape index (κ1) is 17.7. The first-order chi connectivity index (χ1) is 15.3. The zero-order chi connectivity index (χ0) is 20.8. The van der Waals surface area contributed by atoms with Crippen molar-refractivity contribution in [3.05, 3.63) is 119 Å². The Labute approximate surface area is 180 Å². The molecule has 1 N–H and O–H groups in total. The van der Waals surface area contributed by atoms with Crippen LogP contribution < -0.4 is 10.1 Å². The number of pyridine rings is 1. The maximum Gasteiger partial charge on any atom is 0.128 e. The first-order valence-electron chi connectivity index (χ1n) is 10.4. The second-order valence-electron chi connectivity index (χ2n) is 8.01. The predicted molar refractivity (Wildman–Crippen MR) is 120 cm³/mol. The summed E-state index contributed by atoms with van der Waals surface area (Å²) in [6.07, 6.45) is 14.0. The van der Waals surface area contributed by atoms with Crippen LogP contribution in [0.15, 0.2) is 85.2 Å². The smallest absolute Gasteiger partial charge is 0.128 e. The number of fused-ring (bicyclic) bond motifs is 5. The normalized spacial score (nSPS) is 22.3. The van der Waals surface area contributed by atoms with Crippen LogP contribution in [0.3, 0.4) is 0 Å². The van der Waals surface area contributed by atoms with Crippen molar-refractivity contribution >= 4 is 11.8 Å². The number of allylic oxidation sites excluding steroid dienone is 2. The van der Waals surface area contributed by atoms with Gasteiger partial charge in [-0.05, 0) is 47.0 Å². The van der Waals surface area contributed by atoms with Gasteiger partial charge in [0.2, 0.25) is 0 Å². The Balaban J connectivity index is 1.33. The summed E-state index contributed by atoms with van der Waals surface area (Å²) < 4.78 is 6.25. The van der Waals surface area contributed by atoms with E-state index in [1.54, 1.807) is 12.4 Å². The zero-order valence-electron chi connectivity index (χ0n) is 16.7. The summed E-state index contributed by atoms with van der Waals surface area (Å²) in [5.41, 5.74) is 7.41. The molecule has 2 aliphatic heterocycles. The van der Waals surface area contributed by atoms with Crippen molar-refractivity contribution in [2.24, 2.45) is 0 Å². The summed E-state index contributed by atoms with van der Waals surface area (Å²) >= 11 is 0. The lowest BCUT2D eigenvalue weighted by Gasteiger charge is -2.24. The fourth-order valence-electron chi connectivity index (χ4n) is 4.69. The highest BCUT2D eigenvalue weighted by molar-refractivity contribution is 5.69. The summed E-state index contributed by atoms with van der Waals surface area (Å²) in [7, 11) is 0. The molecular weight excluding hydrogens is 382 g/mol. The number of benzene rings is 2. The van der Waals surface area contributed by atoms with Gasteiger partial charge in [0.25, 0.3) is 0 Å². The average Bonchev–Trinajstić information content (AvgIpc) is 3.22. The minimum atomic E-state index is 0.0319. The van der Waals surface area contributed by atoms with E-state index in [4.69, 9.17) is 4.74 Å². The van der Waals surface area contributed by atoms with E-state index in [9.17, 15) is 5.26 Å². The van der Waals surface area contributed by atoms with E-state index < -0.39 is 0 Å². The molecule has 0 fully saturated rings. The molecule has 0 amide bonds. The predicted octanol–water partition coefficient (Wildman–Crippen LogP) is 5.11. The average molecular weight is 401 g/mol. The number of ether oxygens (including phenoxy) is 1. The van der Waals surface area contributed by atoms with Crippen LogP contribution in [0.25, 0.3) is 11.8 Å². The maximum absolute atomic E-state index is 9.18. The molecule has 6 rings (SSSR count). The molecular formula is C27H19N3O. The summed E-state index contributed by atoms with van der Waals surface area (Å²) in [6.45, 7) is 0. The fourth-order valence-corrected chi connectivity index (χ4v) is 4.69. The van der Waals surface area contributed by atoms with Crippen molar-refractivity contribution in [1.82, 2.24) is 10.3 Å². The Morgan fingerprint density at radius 3 is 2.87 bits per heavy atom. The molecule has 3 unspecified atom stereocenters. The SMILES string of the molecule is N#Cc1cncc(C2=CC=CC(c3ccc4c(c3)C3c5ccccc5C=CC3O4)N2)c1. The van der Waals surface area contributed by atoms with E-state index in [0.29, 0.717) is 5.56 Å². The summed E-state index contributed by atoms with van der Waals surface area (Å²) in [4.78, 5) is 4.19. The van der Waals surface area contributed by atoms with Crippen molar-refractivity contribution in [2.45, 2.75) is 18.1 Å². The first-order valence-corrected chi connectivity index (χ1v) is 10.4. The largest absolute Gasteiger partial charge is 0.485 e. The van der Waals surface area contributed by atoms with E-state index >= 15 is 0 Å². The van der Waals surface area contributed by atoms with Crippen molar-refractivity contribution in [3.8, 4) is 11.8 Å². The Morgan fingerprint density at radius 2 is 1.94 bits per heavy atom. The lowest BCUT2D eigenvalue weighted by molar-refractivity contribution is 0.267. The molecule has 31 heavy (non-hydrogen) atoms. The van der Waals surface area contributed by atoms with Gasteiger partial charge in [0.05, 0.1) is 17.5 Å². The molecule has 0 spiro atoms. The minimum absolute atomic E-state index is 0.0319. The van der Waals surface area contributed by atoms with Gasteiger partial charge in [-0.15, -0.1) is 0 Å². The van der Waals surface area contributed by atoms with Crippen LogP contribution in [0.5, 0.6) is 5.75 Å². The summed E-state index contributed by atoms with van der Waals surface area (Å²) in [5, 5.41) is 12.8. The molecule has 4 nitrogen and oxygen atoms in total. The second-order valence-corrected chi connectivity index (χ2v) is 8.01. The van der Waals surface area contributed by atoms with Crippen molar-refractivity contribution < 1.29 is 4.74 Å². The third-order valence-corrected chi connectivity index (χ3v) is 6.17. The molecule has 4 heteroatoms. The highest BCUT2D eigenvalue weighted by Crippen LogP contribution is 2.47. The molecule has 0 bridgehead atoms. The van der Waals surface area contributed by atoms with E-state index in [1.165, 1.54) is 22.3 Å². The van der Waals surface area contributed by atoms with E-state index in [1.807, 2.05) is 12.1 Å². The molecule has 2 aromatic carbocycles. The van der Waals surface area contributed by atoms with Crippen molar-refractivity contribution in [2.75, 3.05) is 0 Å². The standard InChI is InChI=1S/C27H19N3O/c28-14-17-12-20(16-29-15-17)24-7-3-6-23(30-24)19-9-10-25-22(13-19)27-21-5-2-1-4-18(21)8-11-26(27)31-25/h1-13,15-16,23,26-27,30H. The third kappa shape index (κ3) is 2.94. The highest BCUT2D eigenvalue weighted by atomic mass is 16.5. The van der Waals surface area contributed by atoms with Gasteiger partial charge in [-0.25, -0.2) is 0 Å². The molecule has 1 aromatic heterocycles. The van der Waals surface area contributed by atoms with E-state index in [-0.39, 0.29) is 18.1 Å². The van der Waals surface area contributed by atoms with Crippen LogP contribution in [0.1, 0.15) is 45.3 Å². The lowest BCUT2D eigenvalue weighted by Crippen LogP contribution is -2.21. The molecule has 3 aliphatic rings. The Kier molecular flexibility index (Phi) is 4.00. The highest BCUT2D eigenvalue weighted by Gasteiger charge is 2.37. The second kappa shape index (κ2) is 7.00. The van der Waals surface area contributed by atoms with Crippen LogP contribution in [0.4, 0.5) is 0 Å². The van der Waals surface area contributed by atoms with Crippen LogP contribution >= 0.6 is 0 Å². The van der Waals surface area contributed by atoms with Gasteiger partial charge in [-0.3, -0.25) is 4.98 Å². The number of nitrogens with one attached hydrogen (secondary N) is 1. The van der Waals surface area contributed by atoms with Gasteiger partial charge in [0.15, 0.2) is 0 Å². The van der Waals surface area contributed by atoms with Gasteiger partial charge in [-0.2, -0.15) is 5.26 Å². The molecule has 3 aromatic rings. The number of hydrogen-bond acceptors (Lipinski definition) is 4. The van der Waals surface area contributed by atoms with Gasteiger partial charge in [0.1, 0.15) is 17.9 Å². The number of dihydropyridines is 1. The molecule has 3 heterocycles. The van der Waals surface area contributed by atoms with E-state index in [0.717, 1.165) is 17.0 Å². The van der Waals surface area contributed by atoms with Crippen LogP contribution in [0.2, 0.25) is 0 Å². The fraction of sp³-hybridized carbons (Fsp3) is 0.111. The van der Waals surface area contributed by atoms with Gasteiger partial charge in [0, 0.05) is 29.2 Å². The Morgan fingerprint density at radius 1 is 1.00 bits per heavy atom. The molecule has 0 saturated carbocycles. The quantitative estimate of drug-likeness (QED) is 0.648. The van der Waals surface area contributed by atoms with Crippen LogP contribution in [0, 0.1) is 11.3 Å². The van der Waals surface area contributed by atoms with Crippen molar-refractivity contribution in [1.29, 1.82) is 5.26 Å². The Bertz CT molecular complexity index is 1330. The molecule has 1 aliphatic carbocycles. The van der Waals surface area contributed by atoms with Gasteiger partial charge >= 0.3 is 0 Å². The lowest BCUT2D eigenvalue weighted by atomic mass is 9.81. The maximum atomic E-state index is 9.18. The number of nitriles is 1. The minimum Gasteiger partial charge on any atom is -0.485 e. The van der Waals surface area contributed by atoms with Crippen LogP contribution in [-0.4, -0.2) is 11.1 Å². The van der Waals surface area contributed by atoms with Crippen LogP contribution in [-0.2, 0) is 0 Å². The topological polar surface area (TPSA) is 57.9 Å². The van der Waals surface area contributed by atoms with Crippen molar-refractivity contribution in [3.63, 3.8) is 0 Å². The monoisotopic (exact) mass is 401 g/mol. The number of hydrogen-bond donors (Lipinski definition) is 1. The number of nitrogens with zero attached hydrogens (tertiary/aromatic N) is 2. The van der Waals surface area contributed by atoms with Gasteiger partial charge in [-0.1, -0.05) is 48.6 Å². The summed E-state index contributed by atoms with van der Waals surface area (Å²) in [5.74, 6) is 1.18. The van der Waals surface area contributed by atoms with Gasteiger partial charge < -0.3 is 10.1 Å². The molecule has 0 radical (unpaired) electrons. The Hall–Kier alpha value is -4.10.